The molecule has 2 aromatic rings. The average Bonchev–Trinajstić information content (AvgIpc) is 2.89. The molecule has 0 aliphatic carbocycles. The Labute approximate surface area is 123 Å². The van der Waals surface area contributed by atoms with Crippen molar-refractivity contribution in [3.8, 4) is 11.4 Å². The molecule has 1 aliphatic heterocycles. The van der Waals surface area contributed by atoms with Crippen LogP contribution in [0.4, 0.5) is 5.69 Å². The number of aryl methyl sites for hydroxylation is 1. The number of thioether (sulfide) groups is 1. The molecule has 0 spiro atoms. The minimum Gasteiger partial charge on any atom is -0.381 e. The van der Waals surface area contributed by atoms with Crippen LogP contribution in [0.25, 0.3) is 11.4 Å². The normalized spacial score (nSPS) is 22.7. The minimum atomic E-state index is 0.554. The molecule has 5 heteroatoms. The van der Waals surface area contributed by atoms with Gasteiger partial charge in [0.05, 0.1) is 0 Å². The van der Waals surface area contributed by atoms with E-state index < -0.39 is 0 Å². The number of nitrogens with one attached hydrogen (secondary N) is 2. The molecule has 1 aliphatic rings. The fraction of sp³-hybridized carbons (Fsp3) is 0.467. The Morgan fingerprint density at radius 1 is 1.40 bits per heavy atom. The lowest BCUT2D eigenvalue weighted by Crippen LogP contribution is -2.32. The van der Waals surface area contributed by atoms with E-state index in [1.807, 2.05) is 13.0 Å². The lowest BCUT2D eigenvalue weighted by Gasteiger charge is -2.30. The Hall–Kier alpha value is -1.49. The average molecular weight is 288 g/mol. The van der Waals surface area contributed by atoms with Gasteiger partial charge in [-0.2, -0.15) is 16.9 Å². The topological polar surface area (TPSA) is 53.6 Å². The zero-order chi connectivity index (χ0) is 13.9. The minimum absolute atomic E-state index is 0.554. The van der Waals surface area contributed by atoms with E-state index in [1.165, 1.54) is 18.6 Å². The van der Waals surface area contributed by atoms with Gasteiger partial charge in [-0.1, -0.05) is 19.1 Å². The molecule has 2 unspecified atom stereocenters. The van der Waals surface area contributed by atoms with Crippen molar-refractivity contribution in [3.63, 3.8) is 0 Å². The Balaban J connectivity index is 1.77. The highest BCUT2D eigenvalue weighted by molar-refractivity contribution is 8.00. The standard InChI is InChI=1S/C15H20N4S/c1-10-14(7-4-8-20-10)17-13-6-3-5-12(9-13)15-16-11(2)18-19-15/h3,5-6,9-10,14,17H,4,7-8H2,1-2H3,(H,16,18,19). The van der Waals surface area contributed by atoms with E-state index >= 15 is 0 Å². The molecule has 2 heterocycles. The third kappa shape index (κ3) is 2.98. The first-order valence-corrected chi connectivity index (χ1v) is 8.15. The third-order valence-electron chi connectivity index (χ3n) is 3.68. The summed E-state index contributed by atoms with van der Waals surface area (Å²) in [5, 5.41) is 11.4. The highest BCUT2D eigenvalue weighted by Crippen LogP contribution is 2.28. The first-order chi connectivity index (χ1) is 9.72. The van der Waals surface area contributed by atoms with Crippen molar-refractivity contribution in [2.45, 2.75) is 38.0 Å². The molecule has 1 fully saturated rings. The SMILES string of the molecule is Cc1nc(-c2cccc(NC3CCCSC3C)c2)n[nH]1. The fourth-order valence-electron chi connectivity index (χ4n) is 2.55. The molecule has 0 radical (unpaired) electrons. The van der Waals surface area contributed by atoms with Crippen molar-refractivity contribution in [1.82, 2.24) is 15.2 Å². The number of hydrogen-bond donors (Lipinski definition) is 2. The van der Waals surface area contributed by atoms with Crippen LogP contribution in [0.3, 0.4) is 0 Å². The van der Waals surface area contributed by atoms with E-state index in [0.29, 0.717) is 11.3 Å². The number of benzene rings is 1. The van der Waals surface area contributed by atoms with E-state index in [1.54, 1.807) is 0 Å². The van der Waals surface area contributed by atoms with E-state index in [2.05, 4.69) is 57.4 Å². The molecular weight excluding hydrogens is 268 g/mol. The second-order valence-corrected chi connectivity index (χ2v) is 6.78. The molecular formula is C15H20N4S. The number of aromatic nitrogens is 3. The largest absolute Gasteiger partial charge is 0.381 e. The Morgan fingerprint density at radius 2 is 2.30 bits per heavy atom. The molecule has 0 bridgehead atoms. The lowest BCUT2D eigenvalue weighted by molar-refractivity contribution is 0.617. The molecule has 0 saturated carbocycles. The molecule has 106 valence electrons. The second-order valence-electron chi connectivity index (χ2n) is 5.29. The van der Waals surface area contributed by atoms with Crippen molar-refractivity contribution in [2.24, 2.45) is 0 Å². The monoisotopic (exact) mass is 288 g/mol. The summed E-state index contributed by atoms with van der Waals surface area (Å²) in [5.41, 5.74) is 2.21. The molecule has 2 N–H and O–H groups in total. The maximum absolute atomic E-state index is 4.39. The zero-order valence-electron chi connectivity index (χ0n) is 11.9. The highest BCUT2D eigenvalue weighted by Gasteiger charge is 2.21. The van der Waals surface area contributed by atoms with Crippen molar-refractivity contribution >= 4 is 17.4 Å². The van der Waals surface area contributed by atoms with E-state index in [-0.39, 0.29) is 0 Å². The Morgan fingerprint density at radius 3 is 3.05 bits per heavy atom. The number of H-pyrrole nitrogens is 1. The van der Waals surface area contributed by atoms with Crippen LogP contribution >= 0.6 is 11.8 Å². The van der Waals surface area contributed by atoms with E-state index in [9.17, 15) is 0 Å². The van der Waals surface area contributed by atoms with Crippen molar-refractivity contribution in [3.05, 3.63) is 30.1 Å². The van der Waals surface area contributed by atoms with E-state index in [0.717, 1.165) is 22.9 Å². The summed E-state index contributed by atoms with van der Waals surface area (Å²) in [6, 6.07) is 8.92. The highest BCUT2D eigenvalue weighted by atomic mass is 32.2. The smallest absolute Gasteiger partial charge is 0.181 e. The first-order valence-electron chi connectivity index (χ1n) is 7.10. The van der Waals surface area contributed by atoms with Gasteiger partial charge in [0.2, 0.25) is 0 Å². The van der Waals surface area contributed by atoms with Gasteiger partial charge in [-0.05, 0) is 37.7 Å². The summed E-state index contributed by atoms with van der Waals surface area (Å²) < 4.78 is 0. The molecule has 2 atom stereocenters. The van der Waals surface area contributed by atoms with Gasteiger partial charge in [-0.3, -0.25) is 5.10 Å². The number of nitrogens with zero attached hydrogens (tertiary/aromatic N) is 2. The lowest BCUT2D eigenvalue weighted by atomic mass is 10.1. The van der Waals surface area contributed by atoms with Crippen LogP contribution < -0.4 is 5.32 Å². The third-order valence-corrected chi connectivity index (χ3v) is 5.06. The molecule has 1 saturated heterocycles. The maximum Gasteiger partial charge on any atom is 0.181 e. The van der Waals surface area contributed by atoms with Gasteiger partial charge >= 0.3 is 0 Å². The van der Waals surface area contributed by atoms with Crippen LogP contribution in [0.2, 0.25) is 0 Å². The van der Waals surface area contributed by atoms with E-state index in [4.69, 9.17) is 0 Å². The van der Waals surface area contributed by atoms with Gasteiger partial charge in [0.1, 0.15) is 5.82 Å². The summed E-state index contributed by atoms with van der Waals surface area (Å²) in [5.74, 6) is 2.89. The number of hydrogen-bond acceptors (Lipinski definition) is 4. The quantitative estimate of drug-likeness (QED) is 0.908. The van der Waals surface area contributed by atoms with Crippen molar-refractivity contribution in [1.29, 1.82) is 0 Å². The van der Waals surface area contributed by atoms with Gasteiger partial charge in [-0.15, -0.1) is 0 Å². The molecule has 3 rings (SSSR count). The van der Waals surface area contributed by atoms with Gasteiger partial charge in [-0.25, -0.2) is 4.98 Å². The number of anilines is 1. The summed E-state index contributed by atoms with van der Waals surface area (Å²) in [6.07, 6.45) is 2.55. The van der Waals surface area contributed by atoms with Gasteiger partial charge < -0.3 is 5.32 Å². The van der Waals surface area contributed by atoms with Gasteiger partial charge in [0, 0.05) is 22.5 Å². The van der Waals surface area contributed by atoms with Crippen molar-refractivity contribution in [2.75, 3.05) is 11.1 Å². The first kappa shape index (κ1) is 13.5. The molecule has 0 amide bonds. The van der Waals surface area contributed by atoms with Gasteiger partial charge in [0.15, 0.2) is 5.82 Å². The predicted octanol–water partition coefficient (Wildman–Crippen LogP) is 3.48. The fourth-order valence-corrected chi connectivity index (χ4v) is 3.69. The number of aromatic amines is 1. The summed E-state index contributed by atoms with van der Waals surface area (Å²) in [6.45, 7) is 4.23. The second kappa shape index (κ2) is 5.87. The van der Waals surface area contributed by atoms with Gasteiger partial charge in [0.25, 0.3) is 0 Å². The van der Waals surface area contributed by atoms with Crippen molar-refractivity contribution < 1.29 is 0 Å². The predicted molar refractivity (Wildman–Crippen MR) is 85.1 cm³/mol. The number of rotatable bonds is 3. The molecule has 20 heavy (non-hydrogen) atoms. The van der Waals surface area contributed by atoms with Crippen LogP contribution in [0.1, 0.15) is 25.6 Å². The summed E-state index contributed by atoms with van der Waals surface area (Å²) >= 11 is 2.06. The molecule has 4 nitrogen and oxygen atoms in total. The zero-order valence-corrected chi connectivity index (χ0v) is 12.7. The van der Waals surface area contributed by atoms with Crippen LogP contribution in [-0.2, 0) is 0 Å². The van der Waals surface area contributed by atoms with Crippen LogP contribution in [0.15, 0.2) is 24.3 Å². The summed E-state index contributed by atoms with van der Waals surface area (Å²) in [4.78, 5) is 4.39. The molecule has 1 aromatic heterocycles. The van der Waals surface area contributed by atoms with Crippen LogP contribution in [0.5, 0.6) is 0 Å². The molecule has 1 aromatic carbocycles. The van der Waals surface area contributed by atoms with Crippen LogP contribution in [0, 0.1) is 6.92 Å². The van der Waals surface area contributed by atoms with Crippen LogP contribution in [-0.4, -0.2) is 32.2 Å². The maximum atomic E-state index is 4.39. The Kier molecular flexibility index (Phi) is 3.96. The Bertz CT molecular complexity index is 581. The summed E-state index contributed by atoms with van der Waals surface area (Å²) in [7, 11) is 0.